The Labute approximate surface area is 228 Å². The molecule has 9 heteroatoms. The van der Waals surface area contributed by atoms with E-state index in [1.807, 2.05) is 61.5 Å². The van der Waals surface area contributed by atoms with Crippen LogP contribution in [0.4, 0.5) is 13.2 Å². The lowest BCUT2D eigenvalue weighted by atomic mass is 10.0. The highest BCUT2D eigenvalue weighted by Gasteiger charge is 2.31. The van der Waals surface area contributed by atoms with Crippen LogP contribution in [0, 0.1) is 0 Å². The first kappa shape index (κ1) is 26.7. The molecule has 4 aromatic carbocycles. The third-order valence-corrected chi connectivity index (χ3v) is 6.18. The molecule has 0 radical (unpaired) electrons. The van der Waals surface area contributed by atoms with Crippen LogP contribution in [-0.4, -0.2) is 27.1 Å². The van der Waals surface area contributed by atoms with Gasteiger partial charge in [0.05, 0.1) is 12.1 Å². The number of hydrogen-bond donors (Lipinski definition) is 0. The number of halogens is 3. The Kier molecular flexibility index (Phi) is 7.63. The Bertz CT molecular complexity index is 1570. The number of hydrogen-bond acceptors (Lipinski definition) is 5. The fraction of sp³-hybridized carbons (Fsp3) is 0.129. The van der Waals surface area contributed by atoms with Gasteiger partial charge in [-0.1, -0.05) is 78.9 Å². The minimum absolute atomic E-state index is 0.112. The summed E-state index contributed by atoms with van der Waals surface area (Å²) < 4.78 is 48.1. The van der Waals surface area contributed by atoms with Gasteiger partial charge in [-0.2, -0.15) is 0 Å². The first-order valence-corrected chi connectivity index (χ1v) is 12.5. The molecule has 0 spiro atoms. The molecule has 0 saturated carbocycles. The van der Waals surface area contributed by atoms with Crippen molar-refractivity contribution in [1.29, 1.82) is 0 Å². The lowest BCUT2D eigenvalue weighted by Gasteiger charge is -2.14. The predicted molar refractivity (Wildman–Crippen MR) is 144 cm³/mol. The van der Waals surface area contributed by atoms with Crippen LogP contribution in [0.25, 0.3) is 28.2 Å². The summed E-state index contributed by atoms with van der Waals surface area (Å²) in [5.41, 5.74) is 5.15. The highest BCUT2D eigenvalue weighted by molar-refractivity contribution is 5.73. The molecule has 0 bridgehead atoms. The molecule has 5 rings (SSSR count). The molecule has 0 aliphatic rings. The smallest absolute Gasteiger partial charge is 0.458 e. The number of aromatic nitrogens is 3. The van der Waals surface area contributed by atoms with E-state index in [2.05, 4.69) is 14.8 Å². The van der Waals surface area contributed by atoms with E-state index in [0.29, 0.717) is 11.5 Å². The predicted octanol–water partition coefficient (Wildman–Crippen LogP) is 7.35. The molecule has 40 heavy (non-hydrogen) atoms. The van der Waals surface area contributed by atoms with Crippen LogP contribution in [0.15, 0.2) is 109 Å². The lowest BCUT2D eigenvalue weighted by Crippen LogP contribution is -2.17. The van der Waals surface area contributed by atoms with Crippen molar-refractivity contribution >= 4 is 5.97 Å². The molecule has 5 aromatic rings. The number of esters is 1. The first-order valence-electron chi connectivity index (χ1n) is 12.5. The second-order valence-corrected chi connectivity index (χ2v) is 9.05. The van der Waals surface area contributed by atoms with Gasteiger partial charge in [0, 0.05) is 5.56 Å². The first-order chi connectivity index (χ1) is 19.2. The van der Waals surface area contributed by atoms with Crippen LogP contribution in [-0.2, 0) is 16.0 Å². The van der Waals surface area contributed by atoms with Gasteiger partial charge in [-0.25, -0.2) is 9.67 Å². The molecule has 0 fully saturated rings. The number of alkyl halides is 3. The summed E-state index contributed by atoms with van der Waals surface area (Å²) in [6.07, 6.45) is -3.56. The Morgan fingerprint density at radius 2 is 1.45 bits per heavy atom. The van der Waals surface area contributed by atoms with E-state index in [0.717, 1.165) is 27.8 Å². The van der Waals surface area contributed by atoms with E-state index in [9.17, 15) is 18.0 Å². The molecule has 6 nitrogen and oxygen atoms in total. The second-order valence-electron chi connectivity index (χ2n) is 9.05. The van der Waals surface area contributed by atoms with Gasteiger partial charge in [-0.05, 0) is 53.4 Å². The van der Waals surface area contributed by atoms with Crippen LogP contribution < -0.4 is 4.74 Å². The van der Waals surface area contributed by atoms with Crippen molar-refractivity contribution in [3.63, 3.8) is 0 Å². The van der Waals surface area contributed by atoms with Crippen LogP contribution in [0.2, 0.25) is 0 Å². The zero-order valence-corrected chi connectivity index (χ0v) is 21.4. The van der Waals surface area contributed by atoms with Crippen LogP contribution in [0.1, 0.15) is 24.2 Å². The maximum Gasteiger partial charge on any atom is 0.573 e. The molecule has 0 aliphatic carbocycles. The number of ether oxygens (including phenoxy) is 2. The molecule has 0 amide bonds. The minimum atomic E-state index is -4.75. The van der Waals surface area contributed by atoms with Crippen LogP contribution >= 0.6 is 0 Å². The van der Waals surface area contributed by atoms with Crippen molar-refractivity contribution < 1.29 is 27.4 Å². The zero-order valence-electron chi connectivity index (χ0n) is 21.4. The normalized spacial score (nSPS) is 12.1. The van der Waals surface area contributed by atoms with E-state index in [-0.39, 0.29) is 24.2 Å². The topological polar surface area (TPSA) is 66.2 Å². The minimum Gasteiger partial charge on any atom is -0.458 e. The molecular weight excluding hydrogens is 519 g/mol. The summed E-state index contributed by atoms with van der Waals surface area (Å²) in [7, 11) is 0. The Balaban J connectivity index is 1.17. The largest absolute Gasteiger partial charge is 0.573 e. The molecule has 1 unspecified atom stereocenters. The average molecular weight is 544 g/mol. The molecule has 0 saturated heterocycles. The summed E-state index contributed by atoms with van der Waals surface area (Å²) in [6.45, 7) is 1.84. The molecule has 1 atom stereocenters. The molecule has 202 valence electrons. The summed E-state index contributed by atoms with van der Waals surface area (Å²) in [5, 5.41) is 4.39. The lowest BCUT2D eigenvalue weighted by molar-refractivity contribution is -0.274. The highest BCUT2D eigenvalue weighted by Crippen LogP contribution is 2.25. The summed E-state index contributed by atoms with van der Waals surface area (Å²) in [6, 6.07) is 30.5. The van der Waals surface area contributed by atoms with Gasteiger partial charge in [0.15, 0.2) is 5.82 Å². The van der Waals surface area contributed by atoms with E-state index in [4.69, 9.17) is 4.74 Å². The van der Waals surface area contributed by atoms with E-state index < -0.39 is 6.36 Å². The molecule has 0 N–H and O–H groups in total. The Morgan fingerprint density at radius 3 is 2.10 bits per heavy atom. The number of carbonyl (C=O) groups is 1. The monoisotopic (exact) mass is 543 g/mol. The second kappa shape index (κ2) is 11.4. The van der Waals surface area contributed by atoms with Gasteiger partial charge >= 0.3 is 12.3 Å². The van der Waals surface area contributed by atoms with Crippen molar-refractivity contribution in [1.82, 2.24) is 14.8 Å². The number of nitrogens with zero attached hydrogens (tertiary/aromatic N) is 3. The van der Waals surface area contributed by atoms with Crippen molar-refractivity contribution in [2.45, 2.75) is 25.8 Å². The van der Waals surface area contributed by atoms with E-state index >= 15 is 0 Å². The van der Waals surface area contributed by atoms with Gasteiger partial charge in [-0.3, -0.25) is 4.79 Å². The quantitative estimate of drug-likeness (QED) is 0.192. The molecular formula is C31H24F3N3O3. The molecule has 1 heterocycles. The van der Waals surface area contributed by atoms with Gasteiger partial charge in [-0.15, -0.1) is 18.3 Å². The van der Waals surface area contributed by atoms with Gasteiger partial charge in [0.1, 0.15) is 18.2 Å². The van der Waals surface area contributed by atoms with Crippen molar-refractivity contribution in [2.24, 2.45) is 0 Å². The fourth-order valence-electron chi connectivity index (χ4n) is 4.14. The molecule has 0 aliphatic heterocycles. The summed E-state index contributed by atoms with van der Waals surface area (Å²) in [5.74, 6) is -0.230. The number of rotatable bonds is 8. The summed E-state index contributed by atoms with van der Waals surface area (Å²) in [4.78, 5) is 16.9. The van der Waals surface area contributed by atoms with Gasteiger partial charge in [0.2, 0.25) is 0 Å². The SMILES string of the molecule is CC(OC(=O)Cc1ccc(-c2ncn(-c3ccc(OC(F)(F)F)cc3)n2)cc1)c1ccc(-c2ccccc2)cc1. The third kappa shape index (κ3) is 6.74. The average Bonchev–Trinajstić information content (AvgIpc) is 3.44. The number of benzene rings is 4. The van der Waals surface area contributed by atoms with Crippen molar-refractivity contribution in [2.75, 3.05) is 0 Å². The maximum atomic E-state index is 12.6. The third-order valence-electron chi connectivity index (χ3n) is 6.18. The highest BCUT2D eigenvalue weighted by atomic mass is 19.4. The van der Waals surface area contributed by atoms with Crippen LogP contribution in [0.3, 0.4) is 0 Å². The summed E-state index contributed by atoms with van der Waals surface area (Å²) >= 11 is 0. The van der Waals surface area contributed by atoms with Crippen molar-refractivity contribution in [3.05, 3.63) is 121 Å². The fourth-order valence-corrected chi connectivity index (χ4v) is 4.14. The zero-order chi connectivity index (χ0) is 28.1. The molecule has 1 aromatic heterocycles. The maximum absolute atomic E-state index is 12.6. The Hall–Kier alpha value is -4.92. The van der Waals surface area contributed by atoms with Crippen LogP contribution in [0.5, 0.6) is 5.75 Å². The number of carbonyl (C=O) groups excluding carboxylic acids is 1. The standard InChI is InChI=1S/C31H24F3N3O3/c1-21(23-11-13-25(14-12-23)24-5-3-2-4-6-24)39-29(38)19-22-7-9-26(10-8-22)30-35-20-37(36-30)27-15-17-28(18-16-27)40-31(32,33)34/h2-18,20-21H,19H2,1H3. The van der Waals surface area contributed by atoms with E-state index in [1.165, 1.54) is 35.3 Å². The Morgan fingerprint density at radius 1 is 0.825 bits per heavy atom. The van der Waals surface area contributed by atoms with Crippen molar-refractivity contribution in [3.8, 4) is 34.0 Å². The van der Waals surface area contributed by atoms with Gasteiger partial charge in [0.25, 0.3) is 0 Å². The van der Waals surface area contributed by atoms with E-state index in [1.54, 1.807) is 24.3 Å². The van der Waals surface area contributed by atoms with Gasteiger partial charge < -0.3 is 9.47 Å².